The van der Waals surface area contributed by atoms with Crippen LogP contribution in [-0.4, -0.2) is 11.0 Å². The van der Waals surface area contributed by atoms with Crippen molar-refractivity contribution in [3.05, 3.63) is 77.0 Å². The highest BCUT2D eigenvalue weighted by molar-refractivity contribution is 7.80. The van der Waals surface area contributed by atoms with Crippen LogP contribution in [0.4, 0.5) is 5.69 Å². The molecule has 5 rings (SSSR count). The largest absolute Gasteiger partial charge is 0.451 e. The van der Waals surface area contributed by atoms with Crippen molar-refractivity contribution < 1.29 is 9.21 Å². The number of nitrogens with one attached hydrogen (secondary N) is 2. The third kappa shape index (κ3) is 2.67. The van der Waals surface area contributed by atoms with E-state index >= 15 is 0 Å². The van der Waals surface area contributed by atoms with Gasteiger partial charge >= 0.3 is 0 Å². The normalized spacial score (nSPS) is 12.5. The lowest BCUT2D eigenvalue weighted by molar-refractivity contribution is 0.0952. The lowest BCUT2D eigenvalue weighted by atomic mass is 10.0. The fraction of sp³-hybridized carbons (Fsp3) is 0.130. The quantitative estimate of drug-likeness (QED) is 0.470. The highest BCUT2D eigenvalue weighted by Crippen LogP contribution is 2.35. The molecule has 28 heavy (non-hydrogen) atoms. The Morgan fingerprint density at radius 3 is 2.54 bits per heavy atom. The molecule has 0 fully saturated rings. The predicted molar refractivity (Wildman–Crippen MR) is 116 cm³/mol. The Kier molecular flexibility index (Phi) is 3.91. The molecule has 4 aromatic rings. The van der Waals surface area contributed by atoms with Crippen LogP contribution in [0.1, 0.15) is 27.2 Å². The summed E-state index contributed by atoms with van der Waals surface area (Å²) < 4.78 is 5.72. The van der Waals surface area contributed by atoms with E-state index in [0.29, 0.717) is 5.58 Å². The number of rotatable bonds is 2. The zero-order valence-corrected chi connectivity index (χ0v) is 16.2. The van der Waals surface area contributed by atoms with Gasteiger partial charge in [0.15, 0.2) is 10.9 Å². The van der Waals surface area contributed by atoms with Gasteiger partial charge in [-0.2, -0.15) is 0 Å². The van der Waals surface area contributed by atoms with Gasteiger partial charge in [0.25, 0.3) is 5.91 Å². The van der Waals surface area contributed by atoms with Gasteiger partial charge in [0, 0.05) is 22.0 Å². The number of aryl methyl sites for hydroxylation is 3. The Morgan fingerprint density at radius 1 is 0.964 bits per heavy atom. The maximum atomic E-state index is 12.7. The zero-order chi connectivity index (χ0) is 19.3. The van der Waals surface area contributed by atoms with Crippen molar-refractivity contribution in [2.24, 2.45) is 0 Å². The molecular formula is C23H18N2O2S. The molecule has 0 saturated heterocycles. The molecule has 3 aromatic carbocycles. The van der Waals surface area contributed by atoms with Crippen LogP contribution in [0.5, 0.6) is 0 Å². The lowest BCUT2D eigenvalue weighted by Gasteiger charge is -2.12. The summed E-state index contributed by atoms with van der Waals surface area (Å²) in [5.41, 5.74) is 5.12. The number of carbonyl (C=O) groups is 1. The molecule has 138 valence electrons. The van der Waals surface area contributed by atoms with Crippen LogP contribution >= 0.6 is 12.2 Å². The molecule has 5 heteroatoms. The minimum atomic E-state index is -0.350. The first kappa shape index (κ1) is 17.0. The summed E-state index contributed by atoms with van der Waals surface area (Å²) in [4.78, 5) is 12.7. The van der Waals surface area contributed by atoms with Crippen LogP contribution in [0.25, 0.3) is 21.7 Å². The summed E-state index contributed by atoms with van der Waals surface area (Å²) in [6.07, 6.45) is 2.14. The van der Waals surface area contributed by atoms with Crippen LogP contribution in [0.2, 0.25) is 0 Å². The highest BCUT2D eigenvalue weighted by Gasteiger charge is 2.19. The van der Waals surface area contributed by atoms with E-state index in [1.165, 1.54) is 16.5 Å². The zero-order valence-electron chi connectivity index (χ0n) is 15.3. The molecule has 1 amide bonds. The van der Waals surface area contributed by atoms with Gasteiger partial charge in [0.1, 0.15) is 5.58 Å². The monoisotopic (exact) mass is 386 g/mol. The van der Waals surface area contributed by atoms with E-state index in [-0.39, 0.29) is 16.8 Å². The van der Waals surface area contributed by atoms with Crippen LogP contribution in [0.15, 0.2) is 59.0 Å². The third-order valence-electron chi connectivity index (χ3n) is 5.40. The Labute approximate surface area is 167 Å². The van der Waals surface area contributed by atoms with E-state index in [4.69, 9.17) is 16.6 Å². The van der Waals surface area contributed by atoms with Crippen LogP contribution in [0.3, 0.4) is 0 Å². The number of carbonyl (C=O) groups excluding carboxylic acids is 1. The standard InChI is InChI=1S/C23H18N2O2S/c1-13-16-6-2-3-8-19(16)27-21(13)22(26)25-23(28)24-18-12-11-15-10-9-14-5-4-7-17(18)20(14)15/h2-8,11-12H,9-10H2,1H3,(H2,24,25,26,28). The molecule has 0 bridgehead atoms. The average molecular weight is 386 g/mol. The number of anilines is 1. The second-order valence-corrected chi connectivity index (χ2v) is 7.48. The van der Waals surface area contributed by atoms with Crippen molar-refractivity contribution in [2.75, 3.05) is 5.32 Å². The van der Waals surface area contributed by atoms with E-state index in [1.54, 1.807) is 0 Å². The van der Waals surface area contributed by atoms with Crippen LogP contribution in [-0.2, 0) is 12.8 Å². The number of benzene rings is 3. The number of hydrogen-bond donors (Lipinski definition) is 2. The van der Waals surface area contributed by atoms with Crippen molar-refractivity contribution in [1.29, 1.82) is 0 Å². The number of fused-ring (bicyclic) bond motifs is 1. The van der Waals surface area contributed by atoms with Crippen LogP contribution in [0, 0.1) is 6.92 Å². The number of para-hydroxylation sites is 1. The van der Waals surface area contributed by atoms with Gasteiger partial charge in [-0.25, -0.2) is 0 Å². The number of furan rings is 1. The maximum Gasteiger partial charge on any atom is 0.293 e. The SMILES string of the molecule is Cc1c(C(=O)NC(=S)Nc2ccc3c4c(cccc24)CC3)oc2ccccc12. The van der Waals surface area contributed by atoms with E-state index in [2.05, 4.69) is 34.9 Å². The maximum absolute atomic E-state index is 12.7. The molecule has 1 aromatic heterocycles. The fourth-order valence-electron chi connectivity index (χ4n) is 4.06. The average Bonchev–Trinajstić information content (AvgIpc) is 3.27. The number of hydrogen-bond acceptors (Lipinski definition) is 3. The Hall–Kier alpha value is -3.18. The van der Waals surface area contributed by atoms with Crippen molar-refractivity contribution in [1.82, 2.24) is 5.32 Å². The van der Waals surface area contributed by atoms with Gasteiger partial charge in [0.05, 0.1) is 0 Å². The number of amides is 1. The van der Waals surface area contributed by atoms with E-state index < -0.39 is 0 Å². The van der Waals surface area contributed by atoms with Gasteiger partial charge in [-0.3, -0.25) is 10.1 Å². The first-order chi connectivity index (χ1) is 13.6. The van der Waals surface area contributed by atoms with Gasteiger partial charge in [-0.15, -0.1) is 0 Å². The first-order valence-corrected chi connectivity index (χ1v) is 9.66. The second-order valence-electron chi connectivity index (χ2n) is 7.07. The molecule has 0 aliphatic heterocycles. The molecule has 0 unspecified atom stereocenters. The van der Waals surface area contributed by atoms with Crippen molar-refractivity contribution in [2.45, 2.75) is 19.8 Å². The van der Waals surface area contributed by atoms with E-state index in [1.807, 2.05) is 37.3 Å². The van der Waals surface area contributed by atoms with Gasteiger partial charge in [0.2, 0.25) is 0 Å². The van der Waals surface area contributed by atoms with Gasteiger partial charge in [-0.1, -0.05) is 42.5 Å². The summed E-state index contributed by atoms with van der Waals surface area (Å²) in [5.74, 6) is -0.0668. The Morgan fingerprint density at radius 2 is 1.71 bits per heavy atom. The van der Waals surface area contributed by atoms with E-state index in [9.17, 15) is 4.79 Å². The molecule has 1 heterocycles. The van der Waals surface area contributed by atoms with Crippen molar-refractivity contribution in [3.63, 3.8) is 0 Å². The van der Waals surface area contributed by atoms with Crippen LogP contribution < -0.4 is 10.6 Å². The first-order valence-electron chi connectivity index (χ1n) is 9.26. The lowest BCUT2D eigenvalue weighted by Crippen LogP contribution is -2.34. The highest BCUT2D eigenvalue weighted by atomic mass is 32.1. The van der Waals surface area contributed by atoms with Gasteiger partial charge in [-0.05, 0) is 60.6 Å². The topological polar surface area (TPSA) is 54.3 Å². The second kappa shape index (κ2) is 6.46. The molecule has 0 saturated carbocycles. The summed E-state index contributed by atoms with van der Waals surface area (Å²) in [7, 11) is 0. The summed E-state index contributed by atoms with van der Waals surface area (Å²) in [6.45, 7) is 1.88. The minimum absolute atomic E-state index is 0.253. The summed E-state index contributed by atoms with van der Waals surface area (Å²) in [5, 5.41) is 9.53. The van der Waals surface area contributed by atoms with E-state index in [0.717, 1.165) is 34.9 Å². The number of thiocarbonyl (C=S) groups is 1. The Balaban J connectivity index is 1.40. The molecule has 0 spiro atoms. The fourth-order valence-corrected chi connectivity index (χ4v) is 4.26. The van der Waals surface area contributed by atoms with Gasteiger partial charge < -0.3 is 9.73 Å². The Bertz CT molecular complexity index is 1260. The molecule has 1 aliphatic rings. The molecule has 4 nitrogen and oxygen atoms in total. The minimum Gasteiger partial charge on any atom is -0.451 e. The van der Waals surface area contributed by atoms with Crippen molar-refractivity contribution in [3.8, 4) is 0 Å². The predicted octanol–water partition coefficient (Wildman–Crippen LogP) is 5.12. The third-order valence-corrected chi connectivity index (χ3v) is 5.61. The van der Waals surface area contributed by atoms with Crippen molar-refractivity contribution >= 4 is 50.7 Å². The molecular weight excluding hydrogens is 368 g/mol. The summed E-state index contributed by atoms with van der Waals surface area (Å²) in [6, 6.07) is 18.1. The molecule has 0 radical (unpaired) electrons. The molecule has 0 atom stereocenters. The molecule has 2 N–H and O–H groups in total. The smallest absolute Gasteiger partial charge is 0.293 e. The molecule has 1 aliphatic carbocycles. The summed E-state index contributed by atoms with van der Waals surface area (Å²) >= 11 is 5.40.